The number of piperidine rings is 1. The van der Waals surface area contributed by atoms with Crippen molar-refractivity contribution in [2.24, 2.45) is 5.92 Å². The maximum absolute atomic E-state index is 14.5. The number of likely N-dealkylation sites (tertiary alicyclic amines) is 1. The Kier molecular flexibility index (Phi) is 4.74. The van der Waals surface area contributed by atoms with Gasteiger partial charge in [-0.2, -0.15) is 5.10 Å². The van der Waals surface area contributed by atoms with Crippen molar-refractivity contribution in [1.82, 2.24) is 19.7 Å². The molecule has 0 spiro atoms. The first-order chi connectivity index (χ1) is 12.7. The summed E-state index contributed by atoms with van der Waals surface area (Å²) in [6, 6.07) is 6.82. The molecule has 0 N–H and O–H groups in total. The van der Waals surface area contributed by atoms with Gasteiger partial charge in [0.25, 0.3) is 0 Å². The van der Waals surface area contributed by atoms with E-state index in [-0.39, 0.29) is 11.7 Å². The summed E-state index contributed by atoms with van der Waals surface area (Å²) in [4.78, 5) is 19.4. The van der Waals surface area contributed by atoms with E-state index in [4.69, 9.17) is 0 Å². The van der Waals surface area contributed by atoms with E-state index in [2.05, 4.69) is 10.1 Å². The quantitative estimate of drug-likeness (QED) is 0.845. The molecular formula is C20H25FN4O. The number of carbonyl (C=O) groups is 1. The van der Waals surface area contributed by atoms with Crippen molar-refractivity contribution in [1.29, 1.82) is 0 Å². The van der Waals surface area contributed by atoms with Gasteiger partial charge >= 0.3 is 0 Å². The molecule has 138 valence electrons. The molecule has 0 unspecified atom stereocenters. The first-order valence-electron chi connectivity index (χ1n) is 9.56. The van der Waals surface area contributed by atoms with Crippen molar-refractivity contribution in [2.75, 3.05) is 13.1 Å². The van der Waals surface area contributed by atoms with Gasteiger partial charge in [-0.05, 0) is 37.7 Å². The van der Waals surface area contributed by atoms with Crippen LogP contribution >= 0.6 is 0 Å². The average molecular weight is 356 g/mol. The van der Waals surface area contributed by atoms with Crippen LogP contribution in [0.25, 0.3) is 0 Å². The van der Waals surface area contributed by atoms with Crippen molar-refractivity contribution in [3.05, 3.63) is 48.3 Å². The lowest BCUT2D eigenvalue weighted by Gasteiger charge is -2.39. The Balaban J connectivity index is 1.47. The van der Waals surface area contributed by atoms with E-state index in [9.17, 15) is 9.18 Å². The number of rotatable bonds is 4. The predicted molar refractivity (Wildman–Crippen MR) is 95.9 cm³/mol. The highest BCUT2D eigenvalue weighted by atomic mass is 19.1. The molecule has 1 aromatic carbocycles. The molecule has 1 saturated heterocycles. The maximum atomic E-state index is 14.5. The Morgan fingerprint density at radius 1 is 1.19 bits per heavy atom. The monoisotopic (exact) mass is 356 g/mol. The van der Waals surface area contributed by atoms with Crippen LogP contribution in [0.5, 0.6) is 0 Å². The Bertz CT molecular complexity index is 747. The molecule has 1 amide bonds. The van der Waals surface area contributed by atoms with Crippen LogP contribution in [0.3, 0.4) is 0 Å². The molecule has 26 heavy (non-hydrogen) atoms. The van der Waals surface area contributed by atoms with Gasteiger partial charge in [0.05, 0.1) is 5.41 Å². The Morgan fingerprint density at radius 3 is 2.58 bits per heavy atom. The summed E-state index contributed by atoms with van der Waals surface area (Å²) < 4.78 is 16.4. The minimum Gasteiger partial charge on any atom is -0.342 e. The van der Waals surface area contributed by atoms with Crippen molar-refractivity contribution >= 4 is 5.91 Å². The van der Waals surface area contributed by atoms with Gasteiger partial charge in [-0.25, -0.2) is 9.37 Å². The topological polar surface area (TPSA) is 51.0 Å². The molecule has 2 fully saturated rings. The molecule has 1 saturated carbocycles. The van der Waals surface area contributed by atoms with E-state index < -0.39 is 5.41 Å². The van der Waals surface area contributed by atoms with Crippen LogP contribution in [0.4, 0.5) is 4.39 Å². The lowest BCUT2D eigenvalue weighted by molar-refractivity contribution is -0.139. The fourth-order valence-corrected chi connectivity index (χ4v) is 4.64. The minimum absolute atomic E-state index is 0.124. The Morgan fingerprint density at radius 2 is 1.92 bits per heavy atom. The summed E-state index contributed by atoms with van der Waals surface area (Å²) >= 11 is 0. The van der Waals surface area contributed by atoms with Crippen molar-refractivity contribution in [3.63, 3.8) is 0 Å². The second-order valence-electron chi connectivity index (χ2n) is 7.62. The van der Waals surface area contributed by atoms with E-state index in [1.165, 1.54) is 6.07 Å². The average Bonchev–Trinajstić information content (AvgIpc) is 3.35. The fraction of sp³-hybridized carbons (Fsp3) is 0.550. The van der Waals surface area contributed by atoms with E-state index in [0.717, 1.165) is 58.2 Å². The lowest BCUT2D eigenvalue weighted by Crippen LogP contribution is -2.49. The zero-order valence-corrected chi connectivity index (χ0v) is 15.0. The van der Waals surface area contributed by atoms with Gasteiger partial charge in [0, 0.05) is 25.2 Å². The standard InChI is InChI=1S/C20H25FN4O/c21-18-6-2-1-5-17(18)20(9-3-4-10-20)19(26)24-11-7-16(8-12-24)13-25-15-22-14-23-25/h1-2,5-6,14-16H,3-4,7-13H2. The largest absolute Gasteiger partial charge is 0.342 e. The van der Waals surface area contributed by atoms with Crippen LogP contribution in [-0.2, 0) is 16.8 Å². The molecule has 0 atom stereocenters. The third-order valence-corrected chi connectivity index (χ3v) is 6.07. The van der Waals surface area contributed by atoms with Crippen LogP contribution in [0.2, 0.25) is 0 Å². The summed E-state index contributed by atoms with van der Waals surface area (Å²) in [6.45, 7) is 2.34. The van der Waals surface area contributed by atoms with Crippen molar-refractivity contribution in [2.45, 2.75) is 50.5 Å². The summed E-state index contributed by atoms with van der Waals surface area (Å²) in [5, 5.41) is 4.17. The summed E-state index contributed by atoms with van der Waals surface area (Å²) in [5.74, 6) is 0.386. The second kappa shape index (κ2) is 7.17. The lowest BCUT2D eigenvalue weighted by atomic mass is 9.76. The summed E-state index contributed by atoms with van der Waals surface area (Å²) in [5.41, 5.74) is -0.0726. The number of hydrogen-bond donors (Lipinski definition) is 0. The number of aromatic nitrogens is 3. The zero-order chi connectivity index (χ0) is 18.0. The smallest absolute Gasteiger partial charge is 0.233 e. The molecular weight excluding hydrogens is 331 g/mol. The van der Waals surface area contributed by atoms with E-state index in [0.29, 0.717) is 11.5 Å². The first-order valence-corrected chi connectivity index (χ1v) is 9.56. The third-order valence-electron chi connectivity index (χ3n) is 6.07. The highest BCUT2D eigenvalue weighted by Gasteiger charge is 2.46. The van der Waals surface area contributed by atoms with Gasteiger partial charge < -0.3 is 4.90 Å². The molecule has 4 rings (SSSR count). The molecule has 2 aromatic rings. The van der Waals surface area contributed by atoms with Crippen LogP contribution in [0.15, 0.2) is 36.9 Å². The molecule has 2 aliphatic rings. The first kappa shape index (κ1) is 17.2. The van der Waals surface area contributed by atoms with Gasteiger partial charge in [0.15, 0.2) is 0 Å². The number of amides is 1. The predicted octanol–water partition coefficient (Wildman–Crippen LogP) is 3.17. The van der Waals surface area contributed by atoms with Crippen LogP contribution in [-0.4, -0.2) is 38.7 Å². The van der Waals surface area contributed by atoms with E-state index in [1.54, 1.807) is 24.8 Å². The fourth-order valence-electron chi connectivity index (χ4n) is 4.64. The molecule has 1 aromatic heterocycles. The Hall–Kier alpha value is -2.24. The molecule has 5 nitrogen and oxygen atoms in total. The Labute approximate surface area is 153 Å². The number of nitrogens with zero attached hydrogens (tertiary/aromatic N) is 4. The highest BCUT2D eigenvalue weighted by molar-refractivity contribution is 5.88. The molecule has 1 aliphatic heterocycles. The molecule has 6 heteroatoms. The normalized spacial score (nSPS) is 20.4. The summed E-state index contributed by atoms with van der Waals surface area (Å²) in [7, 11) is 0. The van der Waals surface area contributed by atoms with Gasteiger partial charge in [-0.3, -0.25) is 9.48 Å². The third kappa shape index (κ3) is 3.13. The van der Waals surface area contributed by atoms with Gasteiger partial charge in [-0.15, -0.1) is 0 Å². The highest BCUT2D eigenvalue weighted by Crippen LogP contribution is 2.44. The van der Waals surface area contributed by atoms with Crippen LogP contribution in [0, 0.1) is 11.7 Å². The van der Waals surface area contributed by atoms with Crippen LogP contribution < -0.4 is 0 Å². The number of hydrogen-bond acceptors (Lipinski definition) is 3. The number of halogens is 1. The second-order valence-corrected chi connectivity index (χ2v) is 7.62. The molecule has 0 radical (unpaired) electrons. The number of benzene rings is 1. The summed E-state index contributed by atoms with van der Waals surface area (Å²) in [6.07, 6.45) is 8.70. The SMILES string of the molecule is O=C(N1CCC(Cn2cncn2)CC1)C1(c2ccccc2F)CCCC1. The molecule has 0 bridgehead atoms. The van der Waals surface area contributed by atoms with Gasteiger partial charge in [0.2, 0.25) is 5.91 Å². The maximum Gasteiger partial charge on any atom is 0.233 e. The van der Waals surface area contributed by atoms with Gasteiger partial charge in [-0.1, -0.05) is 31.0 Å². The van der Waals surface area contributed by atoms with Crippen LogP contribution in [0.1, 0.15) is 44.1 Å². The number of carbonyl (C=O) groups excluding carboxylic acids is 1. The van der Waals surface area contributed by atoms with E-state index in [1.807, 2.05) is 15.6 Å². The van der Waals surface area contributed by atoms with Gasteiger partial charge in [0.1, 0.15) is 18.5 Å². The van der Waals surface area contributed by atoms with Crippen molar-refractivity contribution < 1.29 is 9.18 Å². The molecule has 1 aliphatic carbocycles. The molecule has 2 heterocycles. The minimum atomic E-state index is -0.663. The van der Waals surface area contributed by atoms with Crippen molar-refractivity contribution in [3.8, 4) is 0 Å². The zero-order valence-electron chi connectivity index (χ0n) is 15.0. The van der Waals surface area contributed by atoms with E-state index >= 15 is 0 Å².